The van der Waals surface area contributed by atoms with Crippen LogP contribution in [0.5, 0.6) is 0 Å². The smallest absolute Gasteiger partial charge is 0.0701 e. The molecule has 4 heteroatoms. The molecule has 4 nitrogen and oxygen atoms in total. The number of hydrogen-bond donors (Lipinski definition) is 2. The van der Waals surface area contributed by atoms with Gasteiger partial charge < -0.3 is 10.4 Å². The van der Waals surface area contributed by atoms with Crippen LogP contribution in [-0.4, -0.2) is 33.6 Å². The molecule has 0 spiro atoms. The Labute approximate surface area is 90.3 Å². The summed E-state index contributed by atoms with van der Waals surface area (Å²) in [5.74, 6) is 0. The molecule has 1 aromatic heterocycles. The fraction of sp³-hybridized carbons (Fsp3) is 0.727. The number of rotatable bonds is 2. The number of aryl methyl sites for hydroxylation is 1. The minimum Gasteiger partial charge on any atom is -0.389 e. The van der Waals surface area contributed by atoms with Gasteiger partial charge in [0.25, 0.3) is 0 Å². The summed E-state index contributed by atoms with van der Waals surface area (Å²) < 4.78 is 1.79. The first kappa shape index (κ1) is 10.6. The number of aliphatic hydroxyl groups is 1. The maximum absolute atomic E-state index is 10.4. The predicted octanol–water partition coefficient (Wildman–Crippen LogP) is 0.467. The maximum Gasteiger partial charge on any atom is 0.0701 e. The summed E-state index contributed by atoms with van der Waals surface area (Å²) in [4.78, 5) is 0. The molecule has 1 fully saturated rings. The zero-order valence-electron chi connectivity index (χ0n) is 9.24. The van der Waals surface area contributed by atoms with E-state index in [1.54, 1.807) is 4.68 Å². The lowest BCUT2D eigenvalue weighted by Gasteiger charge is -2.25. The maximum atomic E-state index is 10.4. The standard InChI is InChI=1S/C11H19N3O/c1-14-9-10(8-13-14)7-11(15)3-2-5-12-6-4-11/h8-9,12,15H,2-7H2,1H3. The van der Waals surface area contributed by atoms with Gasteiger partial charge in [0, 0.05) is 19.7 Å². The van der Waals surface area contributed by atoms with E-state index in [1.165, 1.54) is 0 Å². The van der Waals surface area contributed by atoms with Gasteiger partial charge in [0.1, 0.15) is 0 Å². The third-order valence-corrected chi connectivity index (χ3v) is 3.05. The van der Waals surface area contributed by atoms with Gasteiger partial charge >= 0.3 is 0 Å². The van der Waals surface area contributed by atoms with E-state index in [9.17, 15) is 5.11 Å². The van der Waals surface area contributed by atoms with Crippen LogP contribution in [0.2, 0.25) is 0 Å². The molecule has 1 aromatic rings. The summed E-state index contributed by atoms with van der Waals surface area (Å²) in [5, 5.41) is 17.9. The average Bonchev–Trinajstić information content (AvgIpc) is 2.46. The third kappa shape index (κ3) is 2.79. The van der Waals surface area contributed by atoms with Crippen molar-refractivity contribution in [3.63, 3.8) is 0 Å². The molecule has 0 saturated carbocycles. The Morgan fingerprint density at radius 2 is 2.40 bits per heavy atom. The number of hydrogen-bond acceptors (Lipinski definition) is 3. The second-order valence-corrected chi connectivity index (χ2v) is 4.53. The van der Waals surface area contributed by atoms with Crippen molar-refractivity contribution in [1.82, 2.24) is 15.1 Å². The molecule has 0 radical (unpaired) electrons. The van der Waals surface area contributed by atoms with E-state index in [4.69, 9.17) is 0 Å². The van der Waals surface area contributed by atoms with Gasteiger partial charge in [-0.25, -0.2) is 0 Å². The molecule has 0 amide bonds. The van der Waals surface area contributed by atoms with Crippen molar-refractivity contribution in [3.05, 3.63) is 18.0 Å². The fourth-order valence-electron chi connectivity index (χ4n) is 2.23. The molecular formula is C11H19N3O. The van der Waals surface area contributed by atoms with E-state index in [1.807, 2.05) is 19.4 Å². The van der Waals surface area contributed by atoms with E-state index in [2.05, 4.69) is 10.4 Å². The van der Waals surface area contributed by atoms with Crippen molar-refractivity contribution in [1.29, 1.82) is 0 Å². The molecule has 1 aliphatic heterocycles. The van der Waals surface area contributed by atoms with Crippen molar-refractivity contribution in [2.24, 2.45) is 7.05 Å². The zero-order chi connectivity index (χ0) is 10.7. The summed E-state index contributed by atoms with van der Waals surface area (Å²) in [6.07, 6.45) is 7.32. The Morgan fingerprint density at radius 3 is 3.13 bits per heavy atom. The molecule has 1 unspecified atom stereocenters. The molecule has 2 heterocycles. The van der Waals surface area contributed by atoms with Crippen molar-refractivity contribution in [2.45, 2.75) is 31.3 Å². The highest BCUT2D eigenvalue weighted by Gasteiger charge is 2.28. The first-order valence-electron chi connectivity index (χ1n) is 5.59. The van der Waals surface area contributed by atoms with E-state index >= 15 is 0 Å². The Kier molecular flexibility index (Phi) is 3.07. The quantitative estimate of drug-likeness (QED) is 0.744. The van der Waals surface area contributed by atoms with Crippen LogP contribution in [0, 0.1) is 0 Å². The molecule has 0 bridgehead atoms. The van der Waals surface area contributed by atoms with Crippen molar-refractivity contribution < 1.29 is 5.11 Å². The topological polar surface area (TPSA) is 50.1 Å². The summed E-state index contributed by atoms with van der Waals surface area (Å²) in [6.45, 7) is 1.94. The predicted molar refractivity (Wildman–Crippen MR) is 58.6 cm³/mol. The van der Waals surface area contributed by atoms with E-state index in [0.717, 1.165) is 44.3 Å². The van der Waals surface area contributed by atoms with Gasteiger partial charge in [-0.15, -0.1) is 0 Å². The van der Waals surface area contributed by atoms with Crippen molar-refractivity contribution in [2.75, 3.05) is 13.1 Å². The molecule has 1 saturated heterocycles. The Bertz CT molecular complexity index is 313. The zero-order valence-corrected chi connectivity index (χ0v) is 9.24. The lowest BCUT2D eigenvalue weighted by Crippen LogP contribution is -2.32. The monoisotopic (exact) mass is 209 g/mol. The minimum atomic E-state index is -0.535. The van der Waals surface area contributed by atoms with Crippen LogP contribution in [0.3, 0.4) is 0 Å². The van der Waals surface area contributed by atoms with Gasteiger partial charge in [-0.2, -0.15) is 5.10 Å². The third-order valence-electron chi connectivity index (χ3n) is 3.05. The highest BCUT2D eigenvalue weighted by atomic mass is 16.3. The fourth-order valence-corrected chi connectivity index (χ4v) is 2.23. The van der Waals surface area contributed by atoms with Gasteiger partial charge in [-0.1, -0.05) is 0 Å². The van der Waals surface area contributed by atoms with Crippen LogP contribution >= 0.6 is 0 Å². The lowest BCUT2D eigenvalue weighted by molar-refractivity contribution is 0.0284. The van der Waals surface area contributed by atoms with Crippen LogP contribution in [0.4, 0.5) is 0 Å². The van der Waals surface area contributed by atoms with Gasteiger partial charge in [0.05, 0.1) is 11.8 Å². The van der Waals surface area contributed by atoms with Gasteiger partial charge in [-0.3, -0.25) is 4.68 Å². The first-order chi connectivity index (χ1) is 7.18. The molecule has 84 valence electrons. The van der Waals surface area contributed by atoms with Crippen LogP contribution in [0.25, 0.3) is 0 Å². The summed E-state index contributed by atoms with van der Waals surface area (Å²) >= 11 is 0. The highest BCUT2D eigenvalue weighted by Crippen LogP contribution is 2.23. The molecular weight excluding hydrogens is 190 g/mol. The van der Waals surface area contributed by atoms with Gasteiger partial charge in [-0.05, 0) is 37.9 Å². The Hall–Kier alpha value is -0.870. The van der Waals surface area contributed by atoms with Crippen molar-refractivity contribution >= 4 is 0 Å². The Balaban J connectivity index is 2.02. The highest BCUT2D eigenvalue weighted by molar-refractivity contribution is 5.08. The molecule has 0 aromatic carbocycles. The first-order valence-corrected chi connectivity index (χ1v) is 5.59. The molecule has 1 aliphatic rings. The second kappa shape index (κ2) is 4.33. The summed E-state index contributed by atoms with van der Waals surface area (Å²) in [7, 11) is 1.90. The molecule has 15 heavy (non-hydrogen) atoms. The number of aromatic nitrogens is 2. The summed E-state index contributed by atoms with van der Waals surface area (Å²) in [6, 6.07) is 0. The van der Waals surface area contributed by atoms with E-state index in [-0.39, 0.29) is 0 Å². The molecule has 2 rings (SSSR count). The molecule has 0 aliphatic carbocycles. The van der Waals surface area contributed by atoms with Crippen molar-refractivity contribution in [3.8, 4) is 0 Å². The molecule has 1 atom stereocenters. The summed E-state index contributed by atoms with van der Waals surface area (Å²) in [5.41, 5.74) is 0.592. The van der Waals surface area contributed by atoms with E-state index in [0.29, 0.717) is 0 Å². The minimum absolute atomic E-state index is 0.535. The van der Waals surface area contributed by atoms with Crippen LogP contribution < -0.4 is 5.32 Å². The lowest BCUT2D eigenvalue weighted by atomic mass is 9.89. The number of nitrogens with one attached hydrogen (secondary N) is 1. The van der Waals surface area contributed by atoms with E-state index < -0.39 is 5.60 Å². The van der Waals surface area contributed by atoms with Crippen LogP contribution in [-0.2, 0) is 13.5 Å². The van der Waals surface area contributed by atoms with Crippen LogP contribution in [0.15, 0.2) is 12.4 Å². The number of nitrogens with zero attached hydrogens (tertiary/aromatic N) is 2. The molecule has 2 N–H and O–H groups in total. The SMILES string of the molecule is Cn1cc(CC2(O)CCCNCC2)cn1. The average molecular weight is 209 g/mol. The normalized spacial score (nSPS) is 27.6. The van der Waals surface area contributed by atoms with Gasteiger partial charge in [0.2, 0.25) is 0 Å². The Morgan fingerprint density at radius 1 is 1.53 bits per heavy atom. The van der Waals surface area contributed by atoms with Crippen LogP contribution in [0.1, 0.15) is 24.8 Å². The van der Waals surface area contributed by atoms with Gasteiger partial charge in [0.15, 0.2) is 0 Å². The largest absolute Gasteiger partial charge is 0.389 e. The second-order valence-electron chi connectivity index (χ2n) is 4.53.